The van der Waals surface area contributed by atoms with Gasteiger partial charge in [0.25, 0.3) is 0 Å². The Morgan fingerprint density at radius 3 is 2.78 bits per heavy atom. The van der Waals surface area contributed by atoms with Gasteiger partial charge in [-0.15, -0.1) is 11.3 Å². The van der Waals surface area contributed by atoms with Crippen LogP contribution in [-0.4, -0.2) is 15.8 Å². The average Bonchev–Trinajstić information content (AvgIpc) is 2.74. The number of pyridine rings is 1. The standard InChI is InChI=1S/C12H8Cl2N2OS/c13-6-4-7(14)10(15-5-6)12-16-11-8(17)2-1-3-9(11)18-12/h4-5H,1-3H2. The van der Waals surface area contributed by atoms with E-state index in [0.29, 0.717) is 32.9 Å². The van der Waals surface area contributed by atoms with Crippen LogP contribution in [0, 0.1) is 0 Å². The van der Waals surface area contributed by atoms with Gasteiger partial charge in [-0.2, -0.15) is 0 Å². The molecule has 3 rings (SSSR count). The maximum Gasteiger partial charge on any atom is 0.182 e. The first-order valence-electron chi connectivity index (χ1n) is 5.49. The molecule has 0 spiro atoms. The van der Waals surface area contributed by atoms with Crippen LogP contribution in [0.5, 0.6) is 0 Å². The smallest absolute Gasteiger partial charge is 0.182 e. The summed E-state index contributed by atoms with van der Waals surface area (Å²) in [6, 6.07) is 1.63. The third kappa shape index (κ3) is 2.05. The topological polar surface area (TPSA) is 42.9 Å². The highest BCUT2D eigenvalue weighted by Crippen LogP contribution is 2.35. The molecule has 92 valence electrons. The highest BCUT2D eigenvalue weighted by Gasteiger charge is 2.23. The number of halogens is 2. The molecule has 1 aliphatic carbocycles. The number of hydrogen-bond acceptors (Lipinski definition) is 4. The fourth-order valence-corrected chi connectivity index (χ4v) is 3.60. The fraction of sp³-hybridized carbons (Fsp3) is 0.250. The Bertz CT molecular complexity index is 639. The predicted octanol–water partition coefficient (Wildman–Crippen LogP) is 4.03. The largest absolute Gasteiger partial charge is 0.292 e. The molecular formula is C12H8Cl2N2OS. The summed E-state index contributed by atoms with van der Waals surface area (Å²) in [5.74, 6) is 0.115. The number of carbonyl (C=O) groups is 1. The number of nitrogens with zero attached hydrogens (tertiary/aromatic N) is 2. The van der Waals surface area contributed by atoms with Gasteiger partial charge in [0.15, 0.2) is 5.78 Å². The van der Waals surface area contributed by atoms with Gasteiger partial charge in [0.2, 0.25) is 0 Å². The lowest BCUT2D eigenvalue weighted by atomic mass is 10.0. The van der Waals surface area contributed by atoms with Gasteiger partial charge in [0, 0.05) is 17.5 Å². The zero-order chi connectivity index (χ0) is 12.7. The Kier molecular flexibility index (Phi) is 3.09. The van der Waals surface area contributed by atoms with E-state index >= 15 is 0 Å². The molecule has 0 saturated heterocycles. The molecule has 3 nitrogen and oxygen atoms in total. The van der Waals surface area contributed by atoms with Crippen molar-refractivity contribution in [2.45, 2.75) is 19.3 Å². The van der Waals surface area contributed by atoms with E-state index in [9.17, 15) is 4.79 Å². The van der Waals surface area contributed by atoms with Gasteiger partial charge in [-0.05, 0) is 18.9 Å². The van der Waals surface area contributed by atoms with E-state index in [1.54, 1.807) is 6.07 Å². The number of ketones is 1. The molecule has 18 heavy (non-hydrogen) atoms. The summed E-state index contributed by atoms with van der Waals surface area (Å²) in [5.41, 5.74) is 1.18. The van der Waals surface area contributed by atoms with Crippen molar-refractivity contribution < 1.29 is 4.79 Å². The van der Waals surface area contributed by atoms with Crippen LogP contribution in [0.2, 0.25) is 10.0 Å². The van der Waals surface area contributed by atoms with Crippen molar-refractivity contribution in [3.8, 4) is 10.7 Å². The minimum atomic E-state index is 0.115. The van der Waals surface area contributed by atoms with E-state index < -0.39 is 0 Å². The SMILES string of the molecule is O=C1CCCc2sc(-c3ncc(Cl)cc3Cl)nc21. The second-order valence-corrected chi connectivity index (χ2v) is 5.98. The molecule has 0 amide bonds. The first kappa shape index (κ1) is 12.1. The van der Waals surface area contributed by atoms with Crippen LogP contribution in [0.25, 0.3) is 10.7 Å². The Labute approximate surface area is 118 Å². The molecule has 0 radical (unpaired) electrons. The van der Waals surface area contributed by atoms with Crippen LogP contribution in [0.4, 0.5) is 0 Å². The number of aromatic nitrogens is 2. The number of fused-ring (bicyclic) bond motifs is 1. The number of aryl methyl sites for hydroxylation is 1. The molecule has 0 aliphatic heterocycles. The molecule has 2 heterocycles. The van der Waals surface area contributed by atoms with Crippen molar-refractivity contribution in [3.05, 3.63) is 32.9 Å². The first-order valence-corrected chi connectivity index (χ1v) is 7.06. The highest BCUT2D eigenvalue weighted by molar-refractivity contribution is 7.15. The van der Waals surface area contributed by atoms with Crippen molar-refractivity contribution in [2.75, 3.05) is 0 Å². The number of carbonyl (C=O) groups excluding carboxylic acids is 1. The summed E-state index contributed by atoms with van der Waals surface area (Å²) in [6.07, 6.45) is 3.92. The molecule has 0 fully saturated rings. The summed E-state index contributed by atoms with van der Waals surface area (Å²) in [6.45, 7) is 0. The van der Waals surface area contributed by atoms with Crippen molar-refractivity contribution in [2.24, 2.45) is 0 Å². The third-order valence-electron chi connectivity index (χ3n) is 2.78. The summed E-state index contributed by atoms with van der Waals surface area (Å²) in [4.78, 5) is 21.3. The number of Topliss-reactive ketones (excluding diaryl/α,β-unsaturated/α-hetero) is 1. The molecule has 0 unspecified atom stereocenters. The molecule has 0 atom stereocenters. The second-order valence-electron chi connectivity index (χ2n) is 4.05. The van der Waals surface area contributed by atoms with E-state index in [1.807, 2.05) is 0 Å². The Morgan fingerprint density at radius 2 is 2.06 bits per heavy atom. The lowest BCUT2D eigenvalue weighted by molar-refractivity contribution is 0.0968. The number of thiazole rings is 1. The van der Waals surface area contributed by atoms with Gasteiger partial charge >= 0.3 is 0 Å². The van der Waals surface area contributed by atoms with E-state index in [4.69, 9.17) is 23.2 Å². The van der Waals surface area contributed by atoms with Crippen LogP contribution in [0.15, 0.2) is 12.3 Å². The van der Waals surface area contributed by atoms with Gasteiger partial charge in [0.1, 0.15) is 16.4 Å². The molecule has 2 aromatic heterocycles. The lowest BCUT2D eigenvalue weighted by Crippen LogP contribution is -2.08. The number of hydrogen-bond donors (Lipinski definition) is 0. The summed E-state index contributed by atoms with van der Waals surface area (Å²) in [7, 11) is 0. The third-order valence-corrected chi connectivity index (χ3v) is 4.40. The molecule has 1 aliphatic rings. The van der Waals surface area contributed by atoms with Gasteiger partial charge in [-0.1, -0.05) is 23.2 Å². The highest BCUT2D eigenvalue weighted by atomic mass is 35.5. The molecular weight excluding hydrogens is 291 g/mol. The van der Waals surface area contributed by atoms with Gasteiger partial charge < -0.3 is 0 Å². The van der Waals surface area contributed by atoms with Gasteiger partial charge in [-0.25, -0.2) is 4.98 Å². The Morgan fingerprint density at radius 1 is 1.22 bits per heavy atom. The van der Waals surface area contributed by atoms with Gasteiger partial charge in [-0.3, -0.25) is 9.78 Å². The predicted molar refractivity (Wildman–Crippen MR) is 72.6 cm³/mol. The minimum absolute atomic E-state index is 0.115. The van der Waals surface area contributed by atoms with Crippen molar-refractivity contribution in [3.63, 3.8) is 0 Å². The molecule has 0 N–H and O–H groups in total. The monoisotopic (exact) mass is 298 g/mol. The quantitative estimate of drug-likeness (QED) is 0.798. The number of rotatable bonds is 1. The summed E-state index contributed by atoms with van der Waals surface area (Å²) in [5, 5.41) is 1.64. The van der Waals surface area contributed by atoms with Crippen molar-refractivity contribution >= 4 is 40.3 Å². The molecule has 2 aromatic rings. The fourth-order valence-electron chi connectivity index (χ4n) is 1.94. The first-order chi connectivity index (χ1) is 8.65. The van der Waals surface area contributed by atoms with Crippen molar-refractivity contribution in [1.82, 2.24) is 9.97 Å². The molecule has 6 heteroatoms. The van der Waals surface area contributed by atoms with E-state index in [0.717, 1.165) is 17.7 Å². The van der Waals surface area contributed by atoms with E-state index in [2.05, 4.69) is 9.97 Å². The normalized spacial score (nSPS) is 14.7. The van der Waals surface area contributed by atoms with Gasteiger partial charge in [0.05, 0.1) is 10.0 Å². The van der Waals surface area contributed by atoms with Crippen LogP contribution < -0.4 is 0 Å². The summed E-state index contributed by atoms with van der Waals surface area (Å²) >= 11 is 13.4. The lowest BCUT2D eigenvalue weighted by Gasteiger charge is -2.06. The Balaban J connectivity index is 2.10. The summed E-state index contributed by atoms with van der Waals surface area (Å²) < 4.78 is 0. The maximum absolute atomic E-state index is 11.7. The van der Waals surface area contributed by atoms with Crippen molar-refractivity contribution in [1.29, 1.82) is 0 Å². The Hall–Kier alpha value is -0.970. The molecule has 0 aromatic carbocycles. The van der Waals surface area contributed by atoms with E-state index in [-0.39, 0.29) is 5.78 Å². The second kappa shape index (κ2) is 4.61. The molecule has 0 saturated carbocycles. The van der Waals surface area contributed by atoms with Crippen LogP contribution >= 0.6 is 34.5 Å². The minimum Gasteiger partial charge on any atom is -0.292 e. The van der Waals surface area contributed by atoms with Crippen LogP contribution in [0.1, 0.15) is 28.2 Å². The van der Waals surface area contributed by atoms with Crippen LogP contribution in [0.3, 0.4) is 0 Å². The zero-order valence-electron chi connectivity index (χ0n) is 9.24. The average molecular weight is 299 g/mol. The zero-order valence-corrected chi connectivity index (χ0v) is 11.6. The van der Waals surface area contributed by atoms with E-state index in [1.165, 1.54) is 17.5 Å². The molecule has 0 bridgehead atoms. The maximum atomic E-state index is 11.7. The van der Waals surface area contributed by atoms with Crippen LogP contribution in [-0.2, 0) is 6.42 Å².